The number of amides is 1. The number of carbonyl (C=O) groups excluding carboxylic acids is 2. The number of carbonyl (C=O) groups is 2. The van der Waals surface area contributed by atoms with Gasteiger partial charge in [0.25, 0.3) is 0 Å². The third-order valence-electron chi connectivity index (χ3n) is 5.70. The highest BCUT2D eigenvalue weighted by molar-refractivity contribution is 6.22. The molecule has 3 nitrogen and oxygen atoms in total. The van der Waals surface area contributed by atoms with Crippen molar-refractivity contribution in [1.29, 1.82) is 0 Å². The number of rotatable bonds is 3. The number of anilines is 1. The maximum absolute atomic E-state index is 12.8. The average Bonchev–Trinajstić information content (AvgIpc) is 3.00. The van der Waals surface area contributed by atoms with Gasteiger partial charge < -0.3 is 5.32 Å². The first kappa shape index (κ1) is 16.8. The van der Waals surface area contributed by atoms with Gasteiger partial charge in [0.2, 0.25) is 5.91 Å². The molecule has 132 valence electrons. The first-order valence-corrected chi connectivity index (χ1v) is 9.04. The van der Waals surface area contributed by atoms with Crippen LogP contribution in [0.5, 0.6) is 0 Å². The summed E-state index contributed by atoms with van der Waals surface area (Å²) in [5.41, 5.74) is 5.21. The molecule has 1 saturated carbocycles. The van der Waals surface area contributed by atoms with Crippen LogP contribution < -0.4 is 5.32 Å². The van der Waals surface area contributed by atoms with E-state index in [0.717, 1.165) is 16.7 Å². The number of hydrogen-bond acceptors (Lipinski definition) is 2. The second kappa shape index (κ2) is 5.66. The first-order valence-electron chi connectivity index (χ1n) is 9.04. The standard InChI is InChI=1S/C23H23NO2/c1-13(2)11-19-20(23(19,3)4)22(26)24-14-9-10-16-15-7-5-6-8-17(15)21(25)18(16)12-14/h5-12,19-20H,1-4H3,(H,24,26)/t19-,20+/m0/s1. The molecule has 4 rings (SSSR count). The SMILES string of the molecule is CC(C)=C[C@H]1[C@H](C(=O)Nc2ccc3c(c2)C(=O)c2ccccc2-3)C1(C)C. The molecular formula is C23H23NO2. The summed E-state index contributed by atoms with van der Waals surface area (Å²) in [6.45, 7) is 8.38. The van der Waals surface area contributed by atoms with E-state index in [0.29, 0.717) is 11.3 Å². The summed E-state index contributed by atoms with van der Waals surface area (Å²) in [5.74, 6) is 0.299. The fourth-order valence-corrected chi connectivity index (χ4v) is 4.17. The fraction of sp³-hybridized carbons (Fsp3) is 0.304. The normalized spacial score (nSPS) is 21.6. The van der Waals surface area contributed by atoms with E-state index in [9.17, 15) is 9.59 Å². The van der Waals surface area contributed by atoms with Crippen LogP contribution >= 0.6 is 0 Å². The Balaban J connectivity index is 1.57. The summed E-state index contributed by atoms with van der Waals surface area (Å²) < 4.78 is 0. The molecule has 0 aromatic heterocycles. The van der Waals surface area contributed by atoms with Gasteiger partial charge in [-0.15, -0.1) is 0 Å². The Morgan fingerprint density at radius 2 is 1.65 bits per heavy atom. The highest BCUT2D eigenvalue weighted by atomic mass is 16.2. The maximum Gasteiger partial charge on any atom is 0.228 e. The third-order valence-corrected chi connectivity index (χ3v) is 5.70. The zero-order valence-electron chi connectivity index (χ0n) is 15.6. The molecule has 0 radical (unpaired) electrons. The van der Waals surface area contributed by atoms with E-state index in [-0.39, 0.29) is 28.9 Å². The molecule has 3 heteroatoms. The Morgan fingerprint density at radius 3 is 2.35 bits per heavy atom. The van der Waals surface area contributed by atoms with Crippen LogP contribution in [0.15, 0.2) is 54.1 Å². The van der Waals surface area contributed by atoms with Crippen molar-refractivity contribution in [3.05, 3.63) is 65.2 Å². The van der Waals surface area contributed by atoms with Crippen LogP contribution in [0.2, 0.25) is 0 Å². The molecule has 2 aromatic rings. The molecule has 0 saturated heterocycles. The molecule has 1 N–H and O–H groups in total. The topological polar surface area (TPSA) is 46.2 Å². The molecule has 1 amide bonds. The Hall–Kier alpha value is -2.68. The molecule has 1 fully saturated rings. The summed E-state index contributed by atoms with van der Waals surface area (Å²) >= 11 is 0. The van der Waals surface area contributed by atoms with Crippen molar-refractivity contribution < 1.29 is 9.59 Å². The molecule has 2 atom stereocenters. The Kier molecular flexibility index (Phi) is 3.65. The van der Waals surface area contributed by atoms with Gasteiger partial charge >= 0.3 is 0 Å². The highest BCUT2D eigenvalue weighted by Crippen LogP contribution is 2.59. The minimum Gasteiger partial charge on any atom is -0.326 e. The van der Waals surface area contributed by atoms with Crippen molar-refractivity contribution in [2.24, 2.45) is 17.3 Å². The van der Waals surface area contributed by atoms with E-state index in [1.165, 1.54) is 5.57 Å². The minimum absolute atomic E-state index is 0.0237. The first-order chi connectivity index (χ1) is 12.3. The summed E-state index contributed by atoms with van der Waals surface area (Å²) in [6, 6.07) is 13.3. The van der Waals surface area contributed by atoms with Gasteiger partial charge in [-0.1, -0.05) is 55.8 Å². The lowest BCUT2D eigenvalue weighted by Crippen LogP contribution is -2.17. The summed E-state index contributed by atoms with van der Waals surface area (Å²) in [5, 5.41) is 3.02. The number of nitrogens with one attached hydrogen (secondary N) is 1. The predicted octanol–water partition coefficient (Wildman–Crippen LogP) is 5.07. The zero-order valence-corrected chi connectivity index (χ0v) is 15.6. The smallest absolute Gasteiger partial charge is 0.228 e. The monoisotopic (exact) mass is 345 g/mol. The van der Waals surface area contributed by atoms with Gasteiger partial charge in [-0.3, -0.25) is 9.59 Å². The molecule has 0 aliphatic heterocycles. The van der Waals surface area contributed by atoms with E-state index in [4.69, 9.17) is 0 Å². The Labute approximate surface area is 154 Å². The predicted molar refractivity (Wildman–Crippen MR) is 104 cm³/mol. The lowest BCUT2D eigenvalue weighted by molar-refractivity contribution is -0.118. The van der Waals surface area contributed by atoms with Crippen molar-refractivity contribution in [1.82, 2.24) is 0 Å². The van der Waals surface area contributed by atoms with Crippen LogP contribution in [0.3, 0.4) is 0 Å². The van der Waals surface area contributed by atoms with Gasteiger partial charge in [-0.05, 0) is 48.4 Å². The quantitative estimate of drug-likeness (QED) is 0.673. The summed E-state index contributed by atoms with van der Waals surface area (Å²) in [7, 11) is 0. The molecule has 0 unspecified atom stereocenters. The summed E-state index contributed by atoms with van der Waals surface area (Å²) in [6.07, 6.45) is 2.19. The van der Waals surface area contributed by atoms with Gasteiger partial charge in [0.05, 0.1) is 5.92 Å². The third kappa shape index (κ3) is 2.50. The Morgan fingerprint density at radius 1 is 1.00 bits per heavy atom. The lowest BCUT2D eigenvalue weighted by atomic mass is 10.1. The van der Waals surface area contributed by atoms with Gasteiger partial charge in [0.1, 0.15) is 0 Å². The number of allylic oxidation sites excluding steroid dienone is 2. The van der Waals surface area contributed by atoms with E-state index in [2.05, 4.69) is 39.1 Å². The van der Waals surface area contributed by atoms with Crippen LogP contribution in [0.25, 0.3) is 11.1 Å². The molecule has 26 heavy (non-hydrogen) atoms. The number of hydrogen-bond donors (Lipinski definition) is 1. The molecule has 2 aliphatic carbocycles. The Bertz CT molecular complexity index is 964. The van der Waals surface area contributed by atoms with E-state index >= 15 is 0 Å². The van der Waals surface area contributed by atoms with Crippen LogP contribution in [0, 0.1) is 17.3 Å². The summed E-state index contributed by atoms with van der Waals surface area (Å²) in [4.78, 5) is 25.4. The van der Waals surface area contributed by atoms with Crippen molar-refractivity contribution in [3.8, 4) is 11.1 Å². The number of ketones is 1. The average molecular weight is 345 g/mol. The van der Waals surface area contributed by atoms with Crippen molar-refractivity contribution >= 4 is 17.4 Å². The minimum atomic E-state index is -0.0291. The van der Waals surface area contributed by atoms with Gasteiger partial charge in [-0.2, -0.15) is 0 Å². The van der Waals surface area contributed by atoms with Crippen LogP contribution in [-0.2, 0) is 4.79 Å². The molecular weight excluding hydrogens is 322 g/mol. The van der Waals surface area contributed by atoms with Crippen molar-refractivity contribution in [2.45, 2.75) is 27.7 Å². The van der Waals surface area contributed by atoms with Crippen LogP contribution in [0.1, 0.15) is 43.6 Å². The molecule has 0 heterocycles. The van der Waals surface area contributed by atoms with Crippen molar-refractivity contribution in [3.63, 3.8) is 0 Å². The van der Waals surface area contributed by atoms with Gasteiger partial charge in [0, 0.05) is 16.8 Å². The second-order valence-corrected chi connectivity index (χ2v) is 8.19. The van der Waals surface area contributed by atoms with Crippen LogP contribution in [0.4, 0.5) is 5.69 Å². The van der Waals surface area contributed by atoms with E-state index < -0.39 is 0 Å². The molecule has 0 bridgehead atoms. The largest absolute Gasteiger partial charge is 0.326 e. The van der Waals surface area contributed by atoms with Crippen molar-refractivity contribution in [2.75, 3.05) is 5.32 Å². The maximum atomic E-state index is 12.8. The molecule has 0 spiro atoms. The van der Waals surface area contributed by atoms with E-state index in [1.807, 2.05) is 36.4 Å². The van der Waals surface area contributed by atoms with Gasteiger partial charge in [-0.25, -0.2) is 0 Å². The molecule has 2 aliphatic rings. The fourth-order valence-electron chi connectivity index (χ4n) is 4.17. The zero-order chi connectivity index (χ0) is 18.6. The van der Waals surface area contributed by atoms with E-state index in [1.54, 1.807) is 6.07 Å². The van der Waals surface area contributed by atoms with Gasteiger partial charge in [0.15, 0.2) is 5.78 Å². The number of benzene rings is 2. The molecule has 2 aromatic carbocycles. The van der Waals surface area contributed by atoms with Crippen LogP contribution in [-0.4, -0.2) is 11.7 Å². The highest BCUT2D eigenvalue weighted by Gasteiger charge is 2.60. The number of fused-ring (bicyclic) bond motifs is 3. The second-order valence-electron chi connectivity index (χ2n) is 8.19. The lowest BCUT2D eigenvalue weighted by Gasteiger charge is -2.08.